The molecule has 5 heteroatoms. The van der Waals surface area contributed by atoms with Gasteiger partial charge in [-0.15, -0.1) is 0 Å². The third-order valence-electron chi connectivity index (χ3n) is 4.15. The van der Waals surface area contributed by atoms with Crippen LogP contribution in [0.25, 0.3) is 11.4 Å². The molecule has 0 atom stereocenters. The van der Waals surface area contributed by atoms with E-state index in [0.29, 0.717) is 30.5 Å². The van der Waals surface area contributed by atoms with E-state index in [1.165, 1.54) is 18.0 Å². The van der Waals surface area contributed by atoms with Crippen LogP contribution in [-0.4, -0.2) is 29.0 Å². The van der Waals surface area contributed by atoms with E-state index >= 15 is 0 Å². The van der Waals surface area contributed by atoms with Crippen LogP contribution in [0.15, 0.2) is 67.0 Å². The number of aromatic nitrogens is 2. The van der Waals surface area contributed by atoms with Crippen LogP contribution in [0, 0.1) is 0 Å². The minimum absolute atomic E-state index is 0.214. The van der Waals surface area contributed by atoms with Crippen molar-refractivity contribution in [1.82, 2.24) is 15.3 Å². The number of nitrogens with zero attached hydrogens (tertiary/aromatic N) is 2. The number of amides is 1. The zero-order chi connectivity index (χ0) is 19.1. The number of carbonyl (C=O) groups excluding carboxylic acids is 1. The lowest BCUT2D eigenvalue weighted by Gasteiger charge is -2.10. The normalized spacial score (nSPS) is 10.6. The van der Waals surface area contributed by atoms with Crippen molar-refractivity contribution in [1.29, 1.82) is 0 Å². The Labute approximate surface area is 159 Å². The van der Waals surface area contributed by atoms with E-state index in [9.17, 15) is 4.79 Å². The lowest BCUT2D eigenvalue weighted by molar-refractivity contribution is 0.0946. The second-order valence-electron chi connectivity index (χ2n) is 6.49. The van der Waals surface area contributed by atoms with Crippen LogP contribution in [0.4, 0.5) is 0 Å². The summed E-state index contributed by atoms with van der Waals surface area (Å²) in [6.45, 7) is 5.11. The molecule has 0 saturated carbocycles. The summed E-state index contributed by atoms with van der Waals surface area (Å²) >= 11 is 0. The molecule has 1 heterocycles. The zero-order valence-corrected chi connectivity index (χ0v) is 15.6. The molecule has 0 radical (unpaired) electrons. The van der Waals surface area contributed by atoms with Gasteiger partial charge in [0, 0.05) is 18.0 Å². The van der Waals surface area contributed by atoms with Crippen LogP contribution in [-0.2, 0) is 0 Å². The van der Waals surface area contributed by atoms with Crippen LogP contribution >= 0.6 is 0 Å². The minimum atomic E-state index is -0.214. The van der Waals surface area contributed by atoms with Crippen LogP contribution in [0.5, 0.6) is 5.75 Å². The highest BCUT2D eigenvalue weighted by Crippen LogP contribution is 2.18. The highest BCUT2D eigenvalue weighted by atomic mass is 16.5. The van der Waals surface area contributed by atoms with Gasteiger partial charge < -0.3 is 10.1 Å². The van der Waals surface area contributed by atoms with E-state index in [2.05, 4.69) is 41.3 Å². The second kappa shape index (κ2) is 8.94. The number of benzene rings is 2. The molecule has 2 aromatic carbocycles. The Hall–Kier alpha value is -3.21. The van der Waals surface area contributed by atoms with E-state index < -0.39 is 0 Å². The van der Waals surface area contributed by atoms with E-state index in [-0.39, 0.29) is 5.91 Å². The number of ether oxygens (including phenoxy) is 1. The first-order valence-corrected chi connectivity index (χ1v) is 9.02. The number of hydrogen-bond donors (Lipinski definition) is 1. The predicted molar refractivity (Wildman–Crippen MR) is 106 cm³/mol. The molecule has 0 saturated heterocycles. The summed E-state index contributed by atoms with van der Waals surface area (Å²) in [4.78, 5) is 20.7. The molecule has 1 amide bonds. The number of hydrogen-bond acceptors (Lipinski definition) is 4. The Bertz CT molecular complexity index is 860. The van der Waals surface area contributed by atoms with Crippen molar-refractivity contribution in [2.45, 2.75) is 19.8 Å². The van der Waals surface area contributed by atoms with Crippen molar-refractivity contribution >= 4 is 5.91 Å². The SMILES string of the molecule is CC(C)c1ccc(OCCNC(=O)c2cnc(-c3ccccc3)nc2)cc1. The zero-order valence-electron chi connectivity index (χ0n) is 15.6. The Kier molecular flexibility index (Phi) is 6.15. The highest BCUT2D eigenvalue weighted by molar-refractivity contribution is 5.93. The smallest absolute Gasteiger partial charge is 0.254 e. The van der Waals surface area contributed by atoms with Gasteiger partial charge in [0.2, 0.25) is 0 Å². The second-order valence-corrected chi connectivity index (χ2v) is 6.49. The van der Waals surface area contributed by atoms with E-state index in [0.717, 1.165) is 11.3 Å². The Morgan fingerprint density at radius 2 is 1.67 bits per heavy atom. The summed E-state index contributed by atoms with van der Waals surface area (Å²) in [6, 6.07) is 17.7. The van der Waals surface area contributed by atoms with E-state index in [1.807, 2.05) is 42.5 Å². The fourth-order valence-electron chi connectivity index (χ4n) is 2.57. The van der Waals surface area contributed by atoms with Gasteiger partial charge in [-0.25, -0.2) is 9.97 Å². The third-order valence-corrected chi connectivity index (χ3v) is 4.15. The van der Waals surface area contributed by atoms with Crippen LogP contribution in [0.2, 0.25) is 0 Å². The molecule has 3 rings (SSSR count). The summed E-state index contributed by atoms with van der Waals surface area (Å²) in [7, 11) is 0. The molecule has 0 unspecified atom stereocenters. The molecule has 0 aliphatic carbocycles. The molecule has 27 heavy (non-hydrogen) atoms. The summed E-state index contributed by atoms with van der Waals surface area (Å²) < 4.78 is 5.66. The fraction of sp³-hybridized carbons (Fsp3) is 0.227. The van der Waals surface area contributed by atoms with Crippen molar-refractivity contribution in [3.05, 3.63) is 78.1 Å². The molecular formula is C22H23N3O2. The first-order chi connectivity index (χ1) is 13.1. The standard InChI is InChI=1S/C22H23N3O2/c1-16(2)17-8-10-20(11-9-17)27-13-12-23-22(26)19-14-24-21(25-15-19)18-6-4-3-5-7-18/h3-11,14-16H,12-13H2,1-2H3,(H,23,26). The van der Waals surface area contributed by atoms with E-state index in [1.54, 1.807) is 0 Å². The molecule has 3 aromatic rings. The average molecular weight is 361 g/mol. The number of nitrogens with one attached hydrogen (secondary N) is 1. The van der Waals surface area contributed by atoms with Gasteiger partial charge in [-0.2, -0.15) is 0 Å². The van der Waals surface area contributed by atoms with Crippen molar-refractivity contribution in [3.8, 4) is 17.1 Å². The molecule has 0 aliphatic rings. The van der Waals surface area contributed by atoms with Gasteiger partial charge in [0.25, 0.3) is 5.91 Å². The Balaban J connectivity index is 1.46. The molecule has 0 aliphatic heterocycles. The summed E-state index contributed by atoms with van der Waals surface area (Å²) in [6.07, 6.45) is 3.08. The van der Waals surface area contributed by atoms with Crippen molar-refractivity contribution in [2.75, 3.05) is 13.2 Å². The van der Waals surface area contributed by atoms with Gasteiger partial charge in [-0.1, -0.05) is 56.3 Å². The van der Waals surface area contributed by atoms with Gasteiger partial charge in [0.05, 0.1) is 12.1 Å². The van der Waals surface area contributed by atoms with Crippen LogP contribution in [0.3, 0.4) is 0 Å². The maximum absolute atomic E-state index is 12.2. The fourth-order valence-corrected chi connectivity index (χ4v) is 2.57. The minimum Gasteiger partial charge on any atom is -0.492 e. The van der Waals surface area contributed by atoms with E-state index in [4.69, 9.17) is 4.74 Å². The van der Waals surface area contributed by atoms with Gasteiger partial charge >= 0.3 is 0 Å². The first kappa shape index (κ1) is 18.6. The monoisotopic (exact) mass is 361 g/mol. The number of carbonyl (C=O) groups is 1. The summed E-state index contributed by atoms with van der Waals surface area (Å²) in [5, 5.41) is 2.81. The lowest BCUT2D eigenvalue weighted by atomic mass is 10.0. The largest absolute Gasteiger partial charge is 0.492 e. The van der Waals surface area contributed by atoms with Crippen molar-refractivity contribution in [3.63, 3.8) is 0 Å². The number of rotatable bonds is 7. The Morgan fingerprint density at radius 3 is 2.30 bits per heavy atom. The predicted octanol–water partition coefficient (Wildman–Crippen LogP) is 4.08. The average Bonchev–Trinajstić information content (AvgIpc) is 2.72. The molecule has 1 aromatic heterocycles. The highest BCUT2D eigenvalue weighted by Gasteiger charge is 2.08. The van der Waals surface area contributed by atoms with Crippen LogP contribution < -0.4 is 10.1 Å². The maximum Gasteiger partial charge on any atom is 0.254 e. The quantitative estimate of drug-likeness (QED) is 0.644. The first-order valence-electron chi connectivity index (χ1n) is 9.02. The molecule has 1 N–H and O–H groups in total. The molecule has 5 nitrogen and oxygen atoms in total. The van der Waals surface area contributed by atoms with Gasteiger partial charge in [0.1, 0.15) is 12.4 Å². The molecular weight excluding hydrogens is 338 g/mol. The van der Waals surface area contributed by atoms with Crippen LogP contribution in [0.1, 0.15) is 35.7 Å². The Morgan fingerprint density at radius 1 is 1.00 bits per heavy atom. The summed E-state index contributed by atoms with van der Waals surface area (Å²) in [5.41, 5.74) is 2.62. The summed E-state index contributed by atoms with van der Waals surface area (Å²) in [5.74, 6) is 1.67. The molecule has 0 bridgehead atoms. The van der Waals surface area contributed by atoms with Crippen molar-refractivity contribution in [2.24, 2.45) is 0 Å². The maximum atomic E-state index is 12.2. The van der Waals surface area contributed by atoms with Gasteiger partial charge in [-0.3, -0.25) is 4.79 Å². The molecule has 138 valence electrons. The lowest BCUT2D eigenvalue weighted by Crippen LogP contribution is -2.28. The van der Waals surface area contributed by atoms with Gasteiger partial charge in [0.15, 0.2) is 5.82 Å². The molecule has 0 spiro atoms. The topological polar surface area (TPSA) is 64.1 Å². The molecule has 0 fully saturated rings. The van der Waals surface area contributed by atoms with Crippen molar-refractivity contribution < 1.29 is 9.53 Å². The third kappa shape index (κ3) is 5.14. The van der Waals surface area contributed by atoms with Gasteiger partial charge in [-0.05, 0) is 23.6 Å².